The molecule has 1 atom stereocenters. The van der Waals surface area contributed by atoms with Crippen LogP contribution in [0.1, 0.15) is 12.5 Å². The van der Waals surface area contributed by atoms with Crippen molar-refractivity contribution >= 4 is 50.5 Å². The lowest BCUT2D eigenvalue weighted by atomic mass is 10.2. The fourth-order valence-corrected chi connectivity index (χ4v) is 4.14. The van der Waals surface area contributed by atoms with Gasteiger partial charge in [-0.1, -0.05) is 35.3 Å². The van der Waals surface area contributed by atoms with Gasteiger partial charge in [-0.05, 0) is 49.7 Å². The summed E-state index contributed by atoms with van der Waals surface area (Å²) < 4.78 is 25.6. The number of hydrogen-bond donors (Lipinski definition) is 1. The zero-order chi connectivity index (χ0) is 18.8. The summed E-state index contributed by atoms with van der Waals surface area (Å²) >= 11 is 11.8. The SMILES string of the molecule is Cc1cccc(N([C@@H](C)C(=O)Nc2cc(Cl)cc(Cl)c2)S(C)(=O)=O)c1. The van der Waals surface area contributed by atoms with Gasteiger partial charge < -0.3 is 5.32 Å². The molecule has 0 aliphatic carbocycles. The maximum atomic E-state index is 12.6. The minimum atomic E-state index is -3.67. The van der Waals surface area contributed by atoms with Crippen molar-refractivity contribution in [2.24, 2.45) is 0 Å². The van der Waals surface area contributed by atoms with E-state index < -0.39 is 22.0 Å². The number of carbonyl (C=O) groups is 1. The molecule has 2 rings (SSSR count). The molecule has 134 valence electrons. The highest BCUT2D eigenvalue weighted by atomic mass is 35.5. The Kier molecular flexibility index (Phi) is 5.98. The summed E-state index contributed by atoms with van der Waals surface area (Å²) in [6, 6.07) is 10.6. The number of benzene rings is 2. The Labute approximate surface area is 157 Å². The first-order valence-corrected chi connectivity index (χ1v) is 10.0. The van der Waals surface area contributed by atoms with E-state index in [1.54, 1.807) is 18.2 Å². The molecule has 1 amide bonds. The van der Waals surface area contributed by atoms with Crippen molar-refractivity contribution in [3.63, 3.8) is 0 Å². The van der Waals surface area contributed by atoms with Gasteiger partial charge in [0.2, 0.25) is 15.9 Å². The van der Waals surface area contributed by atoms with Gasteiger partial charge in [-0.15, -0.1) is 0 Å². The van der Waals surface area contributed by atoms with Gasteiger partial charge in [0.15, 0.2) is 0 Å². The van der Waals surface area contributed by atoms with Crippen LogP contribution in [0.3, 0.4) is 0 Å². The Balaban J connectivity index is 2.33. The molecule has 8 heteroatoms. The molecule has 0 unspecified atom stereocenters. The van der Waals surface area contributed by atoms with Crippen LogP contribution in [-0.2, 0) is 14.8 Å². The topological polar surface area (TPSA) is 66.5 Å². The molecule has 0 aromatic heterocycles. The largest absolute Gasteiger partial charge is 0.324 e. The van der Waals surface area contributed by atoms with Crippen LogP contribution >= 0.6 is 23.2 Å². The zero-order valence-corrected chi connectivity index (χ0v) is 16.3. The van der Waals surface area contributed by atoms with Crippen LogP contribution in [0, 0.1) is 6.92 Å². The second-order valence-corrected chi connectivity index (χ2v) is 8.45. The second kappa shape index (κ2) is 7.64. The Morgan fingerprint density at radius 2 is 1.72 bits per heavy atom. The minimum absolute atomic E-state index is 0.370. The molecule has 0 saturated carbocycles. The van der Waals surface area contributed by atoms with Crippen LogP contribution < -0.4 is 9.62 Å². The number of rotatable bonds is 5. The van der Waals surface area contributed by atoms with Crippen molar-refractivity contribution < 1.29 is 13.2 Å². The van der Waals surface area contributed by atoms with Crippen LogP contribution in [0.4, 0.5) is 11.4 Å². The van der Waals surface area contributed by atoms with Gasteiger partial charge in [0.25, 0.3) is 0 Å². The molecule has 0 saturated heterocycles. The third-order valence-electron chi connectivity index (χ3n) is 3.47. The van der Waals surface area contributed by atoms with Gasteiger partial charge >= 0.3 is 0 Å². The van der Waals surface area contributed by atoms with Gasteiger partial charge in [-0.2, -0.15) is 0 Å². The first kappa shape index (κ1) is 19.6. The molecular formula is C17H18Cl2N2O3S. The molecule has 0 bridgehead atoms. The van der Waals surface area contributed by atoms with Crippen LogP contribution in [0.25, 0.3) is 0 Å². The lowest BCUT2D eigenvalue weighted by molar-refractivity contribution is -0.116. The van der Waals surface area contributed by atoms with Crippen molar-refractivity contribution in [3.8, 4) is 0 Å². The van der Waals surface area contributed by atoms with Gasteiger partial charge in [-0.25, -0.2) is 8.42 Å². The van der Waals surface area contributed by atoms with E-state index >= 15 is 0 Å². The van der Waals surface area contributed by atoms with E-state index in [9.17, 15) is 13.2 Å². The summed E-state index contributed by atoms with van der Waals surface area (Å²) in [7, 11) is -3.67. The summed E-state index contributed by atoms with van der Waals surface area (Å²) in [5, 5.41) is 3.39. The van der Waals surface area contributed by atoms with E-state index in [0.717, 1.165) is 16.1 Å². The van der Waals surface area contributed by atoms with Gasteiger partial charge in [-0.3, -0.25) is 9.10 Å². The summed E-state index contributed by atoms with van der Waals surface area (Å²) in [6.07, 6.45) is 1.06. The molecule has 1 N–H and O–H groups in total. The van der Waals surface area contributed by atoms with Gasteiger partial charge in [0, 0.05) is 15.7 Å². The first-order chi connectivity index (χ1) is 11.6. The molecule has 0 spiro atoms. The van der Waals surface area contributed by atoms with E-state index in [4.69, 9.17) is 23.2 Å². The Bertz CT molecular complexity index is 880. The molecule has 5 nitrogen and oxygen atoms in total. The van der Waals surface area contributed by atoms with E-state index in [0.29, 0.717) is 21.4 Å². The predicted octanol–water partition coefficient (Wildman–Crippen LogP) is 4.10. The molecule has 0 heterocycles. The van der Waals surface area contributed by atoms with Crippen molar-refractivity contribution in [2.75, 3.05) is 15.9 Å². The molecule has 2 aromatic rings. The third-order valence-corrected chi connectivity index (χ3v) is 5.15. The van der Waals surface area contributed by atoms with Crippen molar-refractivity contribution in [3.05, 3.63) is 58.1 Å². The first-order valence-electron chi connectivity index (χ1n) is 7.41. The molecule has 0 aliphatic rings. The van der Waals surface area contributed by atoms with Crippen LogP contribution in [0.2, 0.25) is 10.0 Å². The number of halogens is 2. The summed E-state index contributed by atoms with van der Waals surface area (Å²) in [5.74, 6) is -0.495. The predicted molar refractivity (Wildman–Crippen MR) is 103 cm³/mol. The van der Waals surface area contributed by atoms with E-state index in [-0.39, 0.29) is 0 Å². The molecule has 0 fully saturated rings. The Morgan fingerprint density at radius 1 is 1.12 bits per heavy atom. The minimum Gasteiger partial charge on any atom is -0.324 e. The maximum Gasteiger partial charge on any atom is 0.247 e. The second-order valence-electron chi connectivity index (χ2n) is 5.72. The molecule has 0 aliphatic heterocycles. The molecular weight excluding hydrogens is 383 g/mol. The highest BCUT2D eigenvalue weighted by molar-refractivity contribution is 7.92. The zero-order valence-electron chi connectivity index (χ0n) is 14.0. The van der Waals surface area contributed by atoms with E-state index in [1.807, 2.05) is 13.0 Å². The molecule has 2 aromatic carbocycles. The number of aryl methyl sites for hydroxylation is 1. The highest BCUT2D eigenvalue weighted by Crippen LogP contribution is 2.25. The number of anilines is 2. The van der Waals surface area contributed by atoms with Crippen LogP contribution in [0.5, 0.6) is 0 Å². The molecule has 25 heavy (non-hydrogen) atoms. The van der Waals surface area contributed by atoms with E-state index in [2.05, 4.69) is 5.32 Å². The van der Waals surface area contributed by atoms with Crippen molar-refractivity contribution in [1.82, 2.24) is 0 Å². The molecule has 0 radical (unpaired) electrons. The average Bonchev–Trinajstić information content (AvgIpc) is 2.44. The number of nitrogens with zero attached hydrogens (tertiary/aromatic N) is 1. The maximum absolute atomic E-state index is 12.6. The third kappa shape index (κ3) is 5.11. The Morgan fingerprint density at radius 3 is 2.24 bits per heavy atom. The number of sulfonamides is 1. The average molecular weight is 401 g/mol. The smallest absolute Gasteiger partial charge is 0.247 e. The van der Waals surface area contributed by atoms with Crippen molar-refractivity contribution in [1.29, 1.82) is 0 Å². The fourth-order valence-electron chi connectivity index (χ4n) is 2.45. The van der Waals surface area contributed by atoms with Crippen LogP contribution in [0.15, 0.2) is 42.5 Å². The lowest BCUT2D eigenvalue weighted by Gasteiger charge is -2.28. The Hall–Kier alpha value is -1.76. The highest BCUT2D eigenvalue weighted by Gasteiger charge is 2.29. The standard InChI is InChI=1S/C17H18Cl2N2O3S/c1-11-5-4-6-16(7-11)21(25(3,23)24)12(2)17(22)20-15-9-13(18)8-14(19)10-15/h4-10,12H,1-3H3,(H,20,22)/t12-/m0/s1. The number of amides is 1. The van der Waals surface area contributed by atoms with Gasteiger partial charge in [0.05, 0.1) is 11.9 Å². The van der Waals surface area contributed by atoms with Crippen LogP contribution in [-0.4, -0.2) is 26.6 Å². The number of carbonyl (C=O) groups excluding carboxylic acids is 1. The van der Waals surface area contributed by atoms with Gasteiger partial charge in [0.1, 0.15) is 6.04 Å². The quantitative estimate of drug-likeness (QED) is 0.821. The summed E-state index contributed by atoms with van der Waals surface area (Å²) in [5.41, 5.74) is 1.71. The van der Waals surface area contributed by atoms with Crippen molar-refractivity contribution in [2.45, 2.75) is 19.9 Å². The monoisotopic (exact) mass is 400 g/mol. The summed E-state index contributed by atoms with van der Waals surface area (Å²) in [4.78, 5) is 12.6. The number of hydrogen-bond acceptors (Lipinski definition) is 3. The summed E-state index contributed by atoms with van der Waals surface area (Å²) in [6.45, 7) is 3.37. The number of nitrogens with one attached hydrogen (secondary N) is 1. The fraction of sp³-hybridized carbons (Fsp3) is 0.235. The normalized spacial score (nSPS) is 12.5. The van der Waals surface area contributed by atoms with E-state index in [1.165, 1.54) is 25.1 Å². The lowest BCUT2D eigenvalue weighted by Crippen LogP contribution is -2.45.